The van der Waals surface area contributed by atoms with Crippen LogP contribution in [0.3, 0.4) is 0 Å². The first-order valence-corrected chi connectivity index (χ1v) is 20.4. The first kappa shape index (κ1) is 37.5. The average molecular weight is 947 g/mol. The Labute approximate surface area is 361 Å². The van der Waals surface area contributed by atoms with E-state index in [0.717, 1.165) is 57.4 Å². The monoisotopic (exact) mass is 946 g/mol. The number of anilines is 3. The third-order valence-electron chi connectivity index (χ3n) is 12.8. The van der Waals surface area contributed by atoms with Crippen LogP contribution in [0.1, 0.15) is 91.2 Å². The van der Waals surface area contributed by atoms with E-state index in [0.29, 0.717) is 0 Å². The predicted octanol–water partition coefficient (Wildman–Crippen LogP) is 12.5. The smallest absolute Gasteiger partial charge is 0.383 e. The van der Waals surface area contributed by atoms with Crippen LogP contribution in [0.4, 0.5) is 17.1 Å². The van der Waals surface area contributed by atoms with E-state index in [2.05, 4.69) is 202 Å². The molecule has 292 valence electrons. The maximum absolute atomic E-state index is 5.56. The number of amidine groups is 1. The van der Waals surface area contributed by atoms with E-state index in [-0.39, 0.29) is 44.0 Å². The summed E-state index contributed by atoms with van der Waals surface area (Å²) in [6.45, 7) is 14.5. The van der Waals surface area contributed by atoms with Gasteiger partial charge in [0.15, 0.2) is 0 Å². The molecule has 0 aliphatic carbocycles. The maximum atomic E-state index is 5.56. The minimum atomic E-state index is -0.291. The third-order valence-corrected chi connectivity index (χ3v) is 12.8. The van der Waals surface area contributed by atoms with Crippen LogP contribution in [-0.2, 0) is 38.4 Å². The summed E-state index contributed by atoms with van der Waals surface area (Å²) >= 11 is 0. The van der Waals surface area contributed by atoms with Gasteiger partial charge in [0.1, 0.15) is 5.82 Å². The van der Waals surface area contributed by atoms with E-state index < -0.39 is 0 Å². The van der Waals surface area contributed by atoms with E-state index in [1.807, 2.05) is 6.20 Å². The molecule has 8 aromatic rings. The molecule has 3 aliphatic rings. The molecule has 0 spiro atoms. The van der Waals surface area contributed by atoms with Gasteiger partial charge in [-0.1, -0.05) is 144 Å². The van der Waals surface area contributed by atoms with Crippen molar-refractivity contribution < 1.29 is 21.1 Å². The van der Waals surface area contributed by atoms with Crippen molar-refractivity contribution in [2.45, 2.75) is 71.0 Å². The number of fused-ring (bicyclic) bond motifs is 8. The zero-order chi connectivity index (χ0) is 39.5. The number of nitrogens with zero attached hydrogens (tertiary/aromatic N) is 5. The number of aliphatic imine (C=N–C) groups is 1. The van der Waals surface area contributed by atoms with Gasteiger partial charge >= 0.3 is 21.1 Å². The quantitative estimate of drug-likeness (QED) is 0.165. The Morgan fingerprint density at radius 2 is 1.49 bits per heavy atom. The van der Waals surface area contributed by atoms with Crippen molar-refractivity contribution in [2.75, 3.05) is 4.90 Å². The van der Waals surface area contributed by atoms with Crippen LogP contribution < -0.4 is 4.90 Å². The van der Waals surface area contributed by atoms with E-state index in [4.69, 9.17) is 9.98 Å². The molecule has 5 nitrogen and oxygen atoms in total. The van der Waals surface area contributed by atoms with Crippen LogP contribution in [0.25, 0.3) is 27.6 Å². The van der Waals surface area contributed by atoms with Gasteiger partial charge in [0, 0.05) is 29.8 Å². The molecule has 2 atom stereocenters. The van der Waals surface area contributed by atoms with Crippen LogP contribution in [0.2, 0.25) is 0 Å². The summed E-state index contributed by atoms with van der Waals surface area (Å²) in [5.74, 6) is 1.89. The van der Waals surface area contributed by atoms with Gasteiger partial charge in [0.2, 0.25) is 0 Å². The molecule has 6 aromatic carbocycles. The van der Waals surface area contributed by atoms with E-state index in [9.17, 15) is 0 Å². The zero-order valence-corrected chi connectivity index (χ0v) is 36.5. The van der Waals surface area contributed by atoms with Gasteiger partial charge in [-0.05, 0) is 74.0 Å². The molecule has 59 heavy (non-hydrogen) atoms. The number of aryl methyl sites for hydroxylation is 1. The fraction of sp³-hybridized carbons (Fsp3) is 0.208. The van der Waals surface area contributed by atoms with Crippen LogP contribution in [0, 0.1) is 19.1 Å². The molecule has 0 unspecified atom stereocenters. The molecule has 2 aromatic heterocycles. The maximum Gasteiger partial charge on any atom is 2.00 e. The van der Waals surface area contributed by atoms with E-state index >= 15 is 0 Å². The van der Waals surface area contributed by atoms with Crippen molar-refractivity contribution >= 4 is 44.7 Å². The number of hydrogen-bond donors (Lipinski definition) is 0. The molecule has 0 fully saturated rings. The molecular formula is C53H45N5Pt. The van der Waals surface area contributed by atoms with Gasteiger partial charge in [-0.15, -0.1) is 46.3 Å². The second kappa shape index (κ2) is 13.6. The molecule has 0 radical (unpaired) electrons. The number of para-hydroxylation sites is 2. The molecule has 0 N–H and O–H groups in total. The van der Waals surface area contributed by atoms with Crippen LogP contribution in [0.15, 0.2) is 145 Å². The first-order valence-electron chi connectivity index (χ1n) is 20.4. The number of benzene rings is 6. The zero-order valence-electron chi connectivity index (χ0n) is 34.2. The SMILES string of the molecule is Cc1cc(C2=N[C@H](c3ccccc3)[C@@H]3c4ccccc4CN23)[c-]c(N2c3[c-]c4c(cc3C(C)(C)c3ccccc32)c2ccccc2n4-c2cc(C(C)(C)C)ccn2)c1.[Pt+2]. The average Bonchev–Trinajstić information content (AvgIpc) is 3.89. The Bertz CT molecular complexity index is 2990. The third kappa shape index (κ3) is 5.76. The summed E-state index contributed by atoms with van der Waals surface area (Å²) in [5.41, 5.74) is 14.8. The molecule has 3 aliphatic heterocycles. The largest absolute Gasteiger partial charge is 2.00 e. The van der Waals surface area contributed by atoms with Crippen LogP contribution >= 0.6 is 0 Å². The Kier molecular flexibility index (Phi) is 8.67. The predicted molar refractivity (Wildman–Crippen MR) is 237 cm³/mol. The Balaban J connectivity index is 0.00000420. The van der Waals surface area contributed by atoms with Gasteiger partial charge < -0.3 is 19.4 Å². The number of pyridine rings is 1. The molecule has 0 saturated heterocycles. The fourth-order valence-electron chi connectivity index (χ4n) is 9.84. The van der Waals surface area contributed by atoms with Crippen LogP contribution in [-0.4, -0.2) is 20.3 Å². The van der Waals surface area contributed by atoms with Gasteiger partial charge in [-0.3, -0.25) is 0 Å². The van der Waals surface area contributed by atoms with Crippen molar-refractivity contribution in [3.8, 4) is 5.82 Å². The van der Waals surface area contributed by atoms with Crippen molar-refractivity contribution in [3.63, 3.8) is 0 Å². The normalized spacial score (nSPS) is 17.6. The van der Waals surface area contributed by atoms with E-state index in [1.54, 1.807) is 0 Å². The minimum Gasteiger partial charge on any atom is -0.383 e. The second-order valence-corrected chi connectivity index (χ2v) is 17.8. The summed E-state index contributed by atoms with van der Waals surface area (Å²) in [7, 11) is 0. The Hall–Kier alpha value is -5.77. The van der Waals surface area contributed by atoms with Crippen LogP contribution in [0.5, 0.6) is 0 Å². The topological polar surface area (TPSA) is 36.7 Å². The molecule has 5 heterocycles. The molecule has 0 bridgehead atoms. The van der Waals surface area contributed by atoms with Gasteiger partial charge in [0.05, 0.1) is 12.1 Å². The first-order chi connectivity index (χ1) is 28.1. The van der Waals surface area contributed by atoms with Crippen molar-refractivity contribution in [1.29, 1.82) is 0 Å². The van der Waals surface area contributed by atoms with Gasteiger partial charge in [-0.25, -0.2) is 4.98 Å². The van der Waals surface area contributed by atoms with Crippen molar-refractivity contribution in [1.82, 2.24) is 14.5 Å². The summed E-state index contributed by atoms with van der Waals surface area (Å²) in [6.07, 6.45) is 1.95. The van der Waals surface area contributed by atoms with Crippen molar-refractivity contribution in [3.05, 3.63) is 196 Å². The minimum absolute atomic E-state index is 0. The summed E-state index contributed by atoms with van der Waals surface area (Å²) in [5, 5.41) is 2.36. The molecular weight excluding hydrogens is 902 g/mol. The van der Waals surface area contributed by atoms with Gasteiger partial charge in [0.25, 0.3) is 0 Å². The van der Waals surface area contributed by atoms with Gasteiger partial charge in [-0.2, -0.15) is 6.07 Å². The molecule has 11 rings (SSSR count). The van der Waals surface area contributed by atoms with Crippen molar-refractivity contribution in [2.24, 2.45) is 4.99 Å². The summed E-state index contributed by atoms with van der Waals surface area (Å²) in [4.78, 5) is 15.5. The summed E-state index contributed by atoms with van der Waals surface area (Å²) in [6, 6.07) is 56.7. The number of hydrogen-bond acceptors (Lipinski definition) is 4. The summed E-state index contributed by atoms with van der Waals surface area (Å²) < 4.78 is 2.30. The molecule has 0 saturated carbocycles. The second-order valence-electron chi connectivity index (χ2n) is 17.8. The van der Waals surface area contributed by atoms with E-state index in [1.165, 1.54) is 44.2 Å². The number of rotatable bonds is 4. The standard InChI is InChI=1S/C53H45N5.Pt/c1-33-26-36(51-55-49(34-16-8-7-9-17-34)50-39-19-11-10-18-35(39)32-56(50)51)28-38(27-33)57-45-23-15-13-21-42(45)53(5,6)43-30-41-40-20-12-14-22-44(40)58(46(41)31-47(43)57)48-29-37(24-25-54-48)52(2,3)4;/h7-27,29-30,49-50H,32H2,1-6H3;/q-2;+2/t49-,50+;/m1./s1. The molecule has 0 amide bonds. The number of aromatic nitrogens is 2. The molecule has 6 heteroatoms. The Morgan fingerprint density at radius 3 is 2.32 bits per heavy atom. The Morgan fingerprint density at radius 1 is 0.746 bits per heavy atom. The fourth-order valence-corrected chi connectivity index (χ4v) is 9.84.